The summed E-state index contributed by atoms with van der Waals surface area (Å²) in [6.45, 7) is 3.74. The van der Waals surface area contributed by atoms with Gasteiger partial charge in [-0.05, 0) is 67.8 Å². The van der Waals surface area contributed by atoms with Crippen LogP contribution in [0.25, 0.3) is 10.9 Å². The van der Waals surface area contributed by atoms with Gasteiger partial charge in [0.05, 0.1) is 10.5 Å². The zero-order valence-corrected chi connectivity index (χ0v) is 18.7. The molecule has 0 radical (unpaired) electrons. The molecular formula is C23H24Cl2N4O2. The van der Waals surface area contributed by atoms with Gasteiger partial charge < -0.3 is 20.7 Å². The predicted octanol–water partition coefficient (Wildman–Crippen LogP) is 4.80. The third-order valence-electron chi connectivity index (χ3n) is 5.40. The van der Waals surface area contributed by atoms with Crippen molar-refractivity contribution in [1.29, 1.82) is 0 Å². The molecule has 0 saturated carbocycles. The van der Waals surface area contributed by atoms with Crippen LogP contribution in [0, 0.1) is 6.92 Å². The van der Waals surface area contributed by atoms with Gasteiger partial charge in [-0.3, -0.25) is 4.79 Å². The number of pyridine rings is 1. The van der Waals surface area contributed by atoms with Gasteiger partial charge in [0.15, 0.2) is 6.61 Å². The smallest absolute Gasteiger partial charge is 0.262 e. The van der Waals surface area contributed by atoms with Crippen molar-refractivity contribution in [3.63, 3.8) is 0 Å². The van der Waals surface area contributed by atoms with Gasteiger partial charge in [-0.25, -0.2) is 4.98 Å². The van der Waals surface area contributed by atoms with E-state index in [0.29, 0.717) is 21.5 Å². The van der Waals surface area contributed by atoms with Crippen molar-refractivity contribution >= 4 is 51.5 Å². The molecule has 0 aliphatic carbocycles. The lowest BCUT2D eigenvalue weighted by Gasteiger charge is -2.31. The number of carbonyl (C=O) groups excluding carboxylic acids is 1. The number of benzene rings is 2. The molecule has 0 unspecified atom stereocenters. The Morgan fingerprint density at radius 3 is 2.71 bits per heavy atom. The molecule has 162 valence electrons. The first-order chi connectivity index (χ1) is 14.9. The van der Waals surface area contributed by atoms with Gasteiger partial charge in [-0.1, -0.05) is 23.2 Å². The summed E-state index contributed by atoms with van der Waals surface area (Å²) in [6, 6.07) is 12.9. The van der Waals surface area contributed by atoms with Crippen molar-refractivity contribution in [2.75, 3.05) is 29.9 Å². The van der Waals surface area contributed by atoms with E-state index in [-0.39, 0.29) is 18.6 Å². The quantitative estimate of drug-likeness (QED) is 0.573. The van der Waals surface area contributed by atoms with Crippen molar-refractivity contribution in [2.45, 2.75) is 25.8 Å². The zero-order valence-electron chi connectivity index (χ0n) is 17.2. The molecule has 1 aliphatic rings. The van der Waals surface area contributed by atoms with Crippen LogP contribution in [-0.4, -0.2) is 36.6 Å². The minimum Gasteiger partial charge on any atom is -0.482 e. The Morgan fingerprint density at radius 1 is 1.19 bits per heavy atom. The number of amides is 1. The molecule has 1 amide bonds. The number of nitrogens with zero attached hydrogens (tertiary/aromatic N) is 2. The predicted molar refractivity (Wildman–Crippen MR) is 126 cm³/mol. The summed E-state index contributed by atoms with van der Waals surface area (Å²) in [5.41, 5.74) is 8.70. The van der Waals surface area contributed by atoms with Crippen LogP contribution >= 0.6 is 23.2 Å². The third-order valence-corrected chi connectivity index (χ3v) is 5.93. The molecule has 1 aliphatic heterocycles. The number of fused-ring (bicyclic) bond motifs is 1. The van der Waals surface area contributed by atoms with E-state index in [1.807, 2.05) is 18.2 Å². The van der Waals surface area contributed by atoms with Crippen molar-refractivity contribution in [2.24, 2.45) is 5.73 Å². The van der Waals surface area contributed by atoms with Crippen molar-refractivity contribution in [3.8, 4) is 5.75 Å². The van der Waals surface area contributed by atoms with E-state index in [1.165, 1.54) is 0 Å². The van der Waals surface area contributed by atoms with Crippen molar-refractivity contribution in [1.82, 2.24) is 4.98 Å². The van der Waals surface area contributed by atoms with Crippen LogP contribution in [0.1, 0.15) is 18.4 Å². The molecule has 0 bridgehead atoms. The summed E-state index contributed by atoms with van der Waals surface area (Å²) < 4.78 is 5.50. The number of rotatable bonds is 5. The first-order valence-electron chi connectivity index (χ1n) is 10.2. The normalized spacial score (nSPS) is 14.6. The van der Waals surface area contributed by atoms with Crippen LogP contribution in [0.3, 0.4) is 0 Å². The molecule has 6 nitrogen and oxygen atoms in total. The SMILES string of the molecule is Cc1cc(N2CCC(N)CC2)nc2ccc(NC(=O)COc3ccc(Cl)cc3Cl)cc12. The number of aryl methyl sites for hydroxylation is 1. The first-order valence-corrected chi connectivity index (χ1v) is 10.9. The van der Waals surface area contributed by atoms with Gasteiger partial charge in [0, 0.05) is 35.2 Å². The summed E-state index contributed by atoms with van der Waals surface area (Å²) in [4.78, 5) is 19.4. The fraction of sp³-hybridized carbons (Fsp3) is 0.304. The van der Waals surface area contributed by atoms with Crippen molar-refractivity contribution < 1.29 is 9.53 Å². The van der Waals surface area contributed by atoms with Crippen LogP contribution in [0.5, 0.6) is 5.75 Å². The number of nitrogens with two attached hydrogens (primary N) is 1. The molecule has 31 heavy (non-hydrogen) atoms. The van der Waals surface area contributed by atoms with E-state index in [2.05, 4.69) is 23.2 Å². The van der Waals surface area contributed by atoms with Crippen LogP contribution in [0.4, 0.5) is 11.5 Å². The maximum atomic E-state index is 12.3. The second-order valence-corrected chi connectivity index (χ2v) is 8.61. The topological polar surface area (TPSA) is 80.5 Å². The molecule has 2 aromatic carbocycles. The number of nitrogens with one attached hydrogen (secondary N) is 1. The summed E-state index contributed by atoms with van der Waals surface area (Å²) in [7, 11) is 0. The monoisotopic (exact) mass is 458 g/mol. The van der Waals surface area contributed by atoms with E-state index >= 15 is 0 Å². The standard InChI is InChI=1S/C23H24Cl2N4O2/c1-14-10-22(29-8-6-16(26)7-9-29)28-20-4-3-17(12-18(14)20)27-23(30)13-31-21-5-2-15(24)11-19(21)25/h2-5,10-12,16H,6-9,13,26H2,1H3,(H,27,30). The van der Waals surface area contributed by atoms with Crippen LogP contribution in [-0.2, 0) is 4.79 Å². The van der Waals surface area contributed by atoms with Crippen LogP contribution in [0.15, 0.2) is 42.5 Å². The molecule has 1 aromatic heterocycles. The highest BCUT2D eigenvalue weighted by Gasteiger charge is 2.18. The number of halogens is 2. The zero-order chi connectivity index (χ0) is 22.0. The summed E-state index contributed by atoms with van der Waals surface area (Å²) >= 11 is 11.9. The lowest BCUT2D eigenvalue weighted by Crippen LogP contribution is -2.40. The van der Waals surface area contributed by atoms with Gasteiger partial charge in [0.1, 0.15) is 11.6 Å². The van der Waals surface area contributed by atoms with E-state index < -0.39 is 0 Å². The van der Waals surface area contributed by atoms with E-state index in [1.54, 1.807) is 18.2 Å². The molecule has 8 heteroatoms. The average Bonchev–Trinajstić information content (AvgIpc) is 2.74. The van der Waals surface area contributed by atoms with Gasteiger partial charge in [-0.2, -0.15) is 0 Å². The molecule has 0 atom stereocenters. The number of hydrogen-bond donors (Lipinski definition) is 2. The number of piperidine rings is 1. The Morgan fingerprint density at radius 2 is 1.97 bits per heavy atom. The van der Waals surface area contributed by atoms with Gasteiger partial charge >= 0.3 is 0 Å². The minimum atomic E-state index is -0.280. The number of carbonyl (C=O) groups is 1. The minimum absolute atomic E-state index is 0.160. The summed E-state index contributed by atoms with van der Waals surface area (Å²) in [5, 5.41) is 4.73. The molecule has 3 N–H and O–H groups in total. The lowest BCUT2D eigenvalue weighted by atomic mass is 10.1. The highest BCUT2D eigenvalue weighted by molar-refractivity contribution is 6.35. The number of aromatic nitrogens is 1. The number of ether oxygens (including phenoxy) is 1. The maximum absolute atomic E-state index is 12.3. The molecule has 1 saturated heterocycles. The van der Waals surface area contributed by atoms with Gasteiger partial charge in [0.25, 0.3) is 5.91 Å². The first kappa shape index (κ1) is 21.7. The van der Waals surface area contributed by atoms with Crippen LogP contribution in [0.2, 0.25) is 10.0 Å². The van der Waals surface area contributed by atoms with Gasteiger partial charge in [-0.15, -0.1) is 0 Å². The molecule has 4 rings (SSSR count). The van der Waals surface area contributed by atoms with Crippen LogP contribution < -0.4 is 20.7 Å². The third kappa shape index (κ3) is 5.21. The Labute approximate surface area is 191 Å². The Balaban J connectivity index is 1.44. The fourth-order valence-electron chi connectivity index (χ4n) is 3.68. The largest absolute Gasteiger partial charge is 0.482 e. The number of hydrogen-bond acceptors (Lipinski definition) is 5. The van der Waals surface area contributed by atoms with Crippen molar-refractivity contribution in [3.05, 3.63) is 58.1 Å². The summed E-state index contributed by atoms with van der Waals surface area (Å²) in [5.74, 6) is 1.10. The Bertz CT molecular complexity index is 1110. The fourth-order valence-corrected chi connectivity index (χ4v) is 4.14. The summed E-state index contributed by atoms with van der Waals surface area (Å²) in [6.07, 6.45) is 1.96. The molecule has 3 aromatic rings. The molecular weight excluding hydrogens is 435 g/mol. The molecule has 2 heterocycles. The van der Waals surface area contributed by atoms with E-state index in [0.717, 1.165) is 48.2 Å². The molecule has 0 spiro atoms. The average molecular weight is 459 g/mol. The van der Waals surface area contributed by atoms with E-state index in [4.69, 9.17) is 38.7 Å². The highest BCUT2D eigenvalue weighted by atomic mass is 35.5. The Kier molecular flexibility index (Phi) is 6.51. The van der Waals surface area contributed by atoms with E-state index in [9.17, 15) is 4.79 Å². The second kappa shape index (κ2) is 9.30. The Hall–Kier alpha value is -2.54. The maximum Gasteiger partial charge on any atom is 0.262 e. The molecule has 1 fully saturated rings. The van der Waals surface area contributed by atoms with Gasteiger partial charge in [0.2, 0.25) is 0 Å². The number of anilines is 2. The second-order valence-electron chi connectivity index (χ2n) is 7.77. The highest BCUT2D eigenvalue weighted by Crippen LogP contribution is 2.28. The lowest BCUT2D eigenvalue weighted by molar-refractivity contribution is -0.118.